The van der Waals surface area contributed by atoms with Crippen LogP contribution >= 0.6 is 11.6 Å². The molecule has 1 N–H and O–H groups in total. The minimum Gasteiger partial charge on any atom is -0.396 e. The van der Waals surface area contributed by atoms with Crippen LogP contribution in [0.3, 0.4) is 0 Å². The molecule has 3 heterocycles. The van der Waals surface area contributed by atoms with E-state index in [0.717, 1.165) is 28.2 Å². The maximum Gasteiger partial charge on any atom is 0.129 e. The SMILES string of the molecule is Cc1nc2ccnc(-c3cccc(Cl)n3)c2n1CCCO. The summed E-state index contributed by atoms with van der Waals surface area (Å²) in [6, 6.07) is 7.35. The smallest absolute Gasteiger partial charge is 0.129 e. The molecule has 0 aliphatic heterocycles. The first-order chi connectivity index (χ1) is 10.2. The number of fused-ring (bicyclic) bond motifs is 1. The number of halogens is 1. The zero-order valence-electron chi connectivity index (χ0n) is 11.6. The summed E-state index contributed by atoms with van der Waals surface area (Å²) >= 11 is 5.98. The number of aromatic nitrogens is 4. The van der Waals surface area contributed by atoms with Gasteiger partial charge in [0, 0.05) is 19.3 Å². The van der Waals surface area contributed by atoms with Gasteiger partial charge in [0.15, 0.2) is 0 Å². The standard InChI is InChI=1S/C15H15ClN4O/c1-10-18-12-6-7-17-14(11-4-2-5-13(16)19-11)15(12)20(10)8-3-9-21/h2,4-7,21H,3,8-9H2,1H3. The zero-order chi connectivity index (χ0) is 14.8. The van der Waals surface area contributed by atoms with Gasteiger partial charge in [-0.05, 0) is 31.5 Å². The van der Waals surface area contributed by atoms with Crippen molar-refractivity contribution >= 4 is 22.6 Å². The van der Waals surface area contributed by atoms with Crippen molar-refractivity contribution in [3.05, 3.63) is 41.4 Å². The number of nitrogens with zero attached hydrogens (tertiary/aromatic N) is 4. The molecule has 5 nitrogen and oxygen atoms in total. The van der Waals surface area contributed by atoms with Crippen molar-refractivity contribution in [2.24, 2.45) is 0 Å². The van der Waals surface area contributed by atoms with E-state index in [0.29, 0.717) is 18.1 Å². The van der Waals surface area contributed by atoms with Gasteiger partial charge < -0.3 is 9.67 Å². The normalized spacial score (nSPS) is 11.2. The highest BCUT2D eigenvalue weighted by Crippen LogP contribution is 2.27. The Morgan fingerprint density at radius 2 is 2.10 bits per heavy atom. The molecule has 0 bridgehead atoms. The maximum absolute atomic E-state index is 9.07. The molecule has 3 aromatic rings. The second-order valence-electron chi connectivity index (χ2n) is 4.76. The molecule has 0 saturated heterocycles. The topological polar surface area (TPSA) is 63.8 Å². The minimum absolute atomic E-state index is 0.143. The van der Waals surface area contributed by atoms with Crippen molar-refractivity contribution in [3.63, 3.8) is 0 Å². The second kappa shape index (κ2) is 5.79. The lowest BCUT2D eigenvalue weighted by Crippen LogP contribution is -2.04. The monoisotopic (exact) mass is 302 g/mol. The van der Waals surface area contributed by atoms with E-state index < -0.39 is 0 Å². The molecule has 3 rings (SSSR count). The molecule has 0 atom stereocenters. The number of aryl methyl sites for hydroxylation is 2. The van der Waals surface area contributed by atoms with Crippen LogP contribution in [0.4, 0.5) is 0 Å². The molecule has 6 heteroatoms. The summed E-state index contributed by atoms with van der Waals surface area (Å²) < 4.78 is 2.07. The van der Waals surface area contributed by atoms with Gasteiger partial charge in [-0.15, -0.1) is 0 Å². The first-order valence-corrected chi connectivity index (χ1v) is 7.14. The predicted molar refractivity (Wildman–Crippen MR) is 82.2 cm³/mol. The van der Waals surface area contributed by atoms with Gasteiger partial charge in [0.25, 0.3) is 0 Å². The molecule has 21 heavy (non-hydrogen) atoms. The Morgan fingerprint density at radius 1 is 1.24 bits per heavy atom. The summed E-state index contributed by atoms with van der Waals surface area (Å²) in [6.45, 7) is 2.79. The van der Waals surface area contributed by atoms with Crippen LogP contribution < -0.4 is 0 Å². The van der Waals surface area contributed by atoms with E-state index in [1.165, 1.54) is 0 Å². The molecule has 0 fully saturated rings. The molecule has 0 spiro atoms. The van der Waals surface area contributed by atoms with Gasteiger partial charge in [0.1, 0.15) is 16.7 Å². The largest absolute Gasteiger partial charge is 0.396 e. The third-order valence-electron chi connectivity index (χ3n) is 3.34. The molecule has 0 amide bonds. The van der Waals surface area contributed by atoms with Crippen molar-refractivity contribution in [2.45, 2.75) is 19.9 Å². The van der Waals surface area contributed by atoms with Gasteiger partial charge in [0.05, 0.1) is 16.7 Å². The van der Waals surface area contributed by atoms with E-state index in [9.17, 15) is 0 Å². The van der Waals surface area contributed by atoms with Gasteiger partial charge in [-0.2, -0.15) is 0 Å². The second-order valence-corrected chi connectivity index (χ2v) is 5.15. The number of rotatable bonds is 4. The molecule has 0 radical (unpaired) electrons. The van der Waals surface area contributed by atoms with E-state index >= 15 is 0 Å². The van der Waals surface area contributed by atoms with Crippen LogP contribution in [0.2, 0.25) is 5.15 Å². The number of hydrogen-bond donors (Lipinski definition) is 1. The average Bonchev–Trinajstić information content (AvgIpc) is 2.80. The fourth-order valence-electron chi connectivity index (χ4n) is 2.43. The van der Waals surface area contributed by atoms with Crippen molar-refractivity contribution in [1.29, 1.82) is 0 Å². The number of aliphatic hydroxyl groups is 1. The van der Waals surface area contributed by atoms with E-state index in [4.69, 9.17) is 16.7 Å². The molecule has 0 aliphatic rings. The Morgan fingerprint density at radius 3 is 2.86 bits per heavy atom. The quantitative estimate of drug-likeness (QED) is 0.753. The lowest BCUT2D eigenvalue weighted by molar-refractivity contribution is 0.280. The molecular weight excluding hydrogens is 288 g/mol. The maximum atomic E-state index is 9.07. The summed E-state index contributed by atoms with van der Waals surface area (Å²) in [6.07, 6.45) is 2.40. The predicted octanol–water partition coefficient (Wildman–Crippen LogP) is 2.84. The van der Waals surface area contributed by atoms with E-state index in [-0.39, 0.29) is 6.61 Å². The zero-order valence-corrected chi connectivity index (χ0v) is 12.4. The van der Waals surface area contributed by atoms with Crippen LogP contribution in [0.25, 0.3) is 22.4 Å². The average molecular weight is 303 g/mol. The van der Waals surface area contributed by atoms with Gasteiger partial charge >= 0.3 is 0 Å². The summed E-state index contributed by atoms with van der Waals surface area (Å²) in [5, 5.41) is 9.51. The summed E-state index contributed by atoms with van der Waals surface area (Å²) in [7, 11) is 0. The number of pyridine rings is 2. The number of hydrogen-bond acceptors (Lipinski definition) is 4. The first kappa shape index (κ1) is 14.0. The minimum atomic E-state index is 0.143. The molecule has 0 aromatic carbocycles. The van der Waals surface area contributed by atoms with E-state index in [1.54, 1.807) is 12.3 Å². The van der Waals surface area contributed by atoms with Crippen molar-refractivity contribution in [2.75, 3.05) is 6.61 Å². The highest BCUT2D eigenvalue weighted by molar-refractivity contribution is 6.29. The Bertz CT molecular complexity index is 784. The highest BCUT2D eigenvalue weighted by atomic mass is 35.5. The molecule has 0 saturated carbocycles. The molecule has 0 unspecified atom stereocenters. The molecule has 3 aromatic heterocycles. The first-order valence-electron chi connectivity index (χ1n) is 6.76. The van der Waals surface area contributed by atoms with Gasteiger partial charge in [-0.3, -0.25) is 4.98 Å². The highest BCUT2D eigenvalue weighted by Gasteiger charge is 2.14. The van der Waals surface area contributed by atoms with Crippen LogP contribution in [0, 0.1) is 6.92 Å². The van der Waals surface area contributed by atoms with E-state index in [2.05, 4.69) is 19.5 Å². The van der Waals surface area contributed by atoms with Gasteiger partial charge in [-0.1, -0.05) is 17.7 Å². The molecular formula is C15H15ClN4O. The van der Waals surface area contributed by atoms with Crippen LogP contribution in [-0.4, -0.2) is 31.2 Å². The number of aliphatic hydroxyl groups excluding tert-OH is 1. The van der Waals surface area contributed by atoms with Crippen LogP contribution in [0.1, 0.15) is 12.2 Å². The third kappa shape index (κ3) is 2.62. The van der Waals surface area contributed by atoms with Crippen molar-refractivity contribution in [3.8, 4) is 11.4 Å². The van der Waals surface area contributed by atoms with Gasteiger partial charge in [0.2, 0.25) is 0 Å². The van der Waals surface area contributed by atoms with Crippen molar-refractivity contribution < 1.29 is 5.11 Å². The molecule has 0 aliphatic carbocycles. The Balaban J connectivity index is 2.22. The van der Waals surface area contributed by atoms with Gasteiger partial charge in [-0.25, -0.2) is 9.97 Å². The van der Waals surface area contributed by atoms with E-state index in [1.807, 2.05) is 25.1 Å². The Kier molecular flexibility index (Phi) is 3.86. The Labute approximate surface area is 127 Å². The van der Waals surface area contributed by atoms with Crippen LogP contribution in [-0.2, 0) is 6.54 Å². The summed E-state index contributed by atoms with van der Waals surface area (Å²) in [5.74, 6) is 0.898. The fraction of sp³-hybridized carbons (Fsp3) is 0.267. The summed E-state index contributed by atoms with van der Waals surface area (Å²) in [4.78, 5) is 13.3. The van der Waals surface area contributed by atoms with Crippen molar-refractivity contribution in [1.82, 2.24) is 19.5 Å². The lowest BCUT2D eigenvalue weighted by atomic mass is 10.2. The fourth-order valence-corrected chi connectivity index (χ4v) is 2.59. The Hall–Kier alpha value is -1.98. The number of imidazole rings is 1. The van der Waals surface area contributed by atoms with Crippen LogP contribution in [0.5, 0.6) is 0 Å². The molecule has 108 valence electrons. The van der Waals surface area contributed by atoms with Crippen LogP contribution in [0.15, 0.2) is 30.5 Å². The lowest BCUT2D eigenvalue weighted by Gasteiger charge is -2.08. The summed E-state index contributed by atoms with van der Waals surface area (Å²) in [5.41, 5.74) is 3.28. The third-order valence-corrected chi connectivity index (χ3v) is 3.55.